The van der Waals surface area contributed by atoms with Crippen molar-refractivity contribution in [2.75, 3.05) is 10.6 Å². The summed E-state index contributed by atoms with van der Waals surface area (Å²) in [6.45, 7) is 8.98. The van der Waals surface area contributed by atoms with Crippen molar-refractivity contribution in [1.29, 1.82) is 0 Å². The molecule has 0 aliphatic rings. The molecule has 26 heavy (non-hydrogen) atoms. The minimum atomic E-state index is -0.299. The van der Waals surface area contributed by atoms with E-state index in [9.17, 15) is 14.0 Å². The lowest BCUT2D eigenvalue weighted by Gasteiger charge is -2.08. The van der Waals surface area contributed by atoms with Gasteiger partial charge in [0.05, 0.1) is 0 Å². The van der Waals surface area contributed by atoms with E-state index in [1.807, 2.05) is 13.8 Å². The Bertz CT molecular complexity index is 731. The predicted octanol–water partition coefficient (Wildman–Crippen LogP) is 4.40. The Morgan fingerprint density at radius 1 is 0.885 bits per heavy atom. The highest BCUT2D eigenvalue weighted by atomic mass is 19.1. The van der Waals surface area contributed by atoms with E-state index in [0.29, 0.717) is 11.3 Å². The number of nitrogens with one attached hydrogen (secondary N) is 2. The maximum Gasteiger partial charge on any atom is 0.226 e. The van der Waals surface area contributed by atoms with Crippen LogP contribution in [0.5, 0.6) is 0 Å². The predicted molar refractivity (Wildman–Crippen MR) is 102 cm³/mol. The molecule has 1 aromatic heterocycles. The molecule has 0 atom stereocenters. The number of anilines is 2. The van der Waals surface area contributed by atoms with Crippen molar-refractivity contribution in [1.82, 2.24) is 4.98 Å². The summed E-state index contributed by atoms with van der Waals surface area (Å²) in [6.07, 6.45) is 3.30. The van der Waals surface area contributed by atoms with Crippen LogP contribution in [0.25, 0.3) is 0 Å². The first-order chi connectivity index (χ1) is 12.2. The minimum absolute atomic E-state index is 0.0122. The average Bonchev–Trinajstić information content (AvgIpc) is 2.59. The maximum atomic E-state index is 13.1. The molecule has 5 nitrogen and oxygen atoms in total. The first kappa shape index (κ1) is 21.3. The van der Waals surface area contributed by atoms with Crippen LogP contribution in [-0.2, 0) is 9.59 Å². The normalized spacial score (nSPS) is 10.2. The fraction of sp³-hybridized carbons (Fsp3) is 0.350. The Morgan fingerprint density at radius 3 is 1.85 bits per heavy atom. The van der Waals surface area contributed by atoms with E-state index in [4.69, 9.17) is 0 Å². The number of hydrogen-bond acceptors (Lipinski definition) is 3. The van der Waals surface area contributed by atoms with Crippen LogP contribution in [0.15, 0.2) is 42.7 Å². The van der Waals surface area contributed by atoms with E-state index in [1.54, 1.807) is 57.4 Å². The monoisotopic (exact) mass is 359 g/mol. The molecule has 0 fully saturated rings. The number of rotatable bonds is 4. The van der Waals surface area contributed by atoms with Crippen LogP contribution in [0.4, 0.5) is 15.8 Å². The summed E-state index contributed by atoms with van der Waals surface area (Å²) in [6, 6.07) is 8.19. The van der Waals surface area contributed by atoms with Crippen LogP contribution < -0.4 is 10.6 Å². The number of aryl methyl sites for hydroxylation is 1. The number of carbonyl (C=O) groups excluding carboxylic acids is 2. The van der Waals surface area contributed by atoms with Crippen molar-refractivity contribution >= 4 is 23.2 Å². The molecule has 2 N–H and O–H groups in total. The highest BCUT2D eigenvalue weighted by Crippen LogP contribution is 2.14. The number of pyridine rings is 1. The molecule has 0 radical (unpaired) electrons. The third kappa shape index (κ3) is 7.42. The Morgan fingerprint density at radius 2 is 1.38 bits per heavy atom. The van der Waals surface area contributed by atoms with Gasteiger partial charge in [-0.1, -0.05) is 33.8 Å². The van der Waals surface area contributed by atoms with Gasteiger partial charge < -0.3 is 10.6 Å². The van der Waals surface area contributed by atoms with E-state index in [2.05, 4.69) is 15.6 Å². The highest BCUT2D eigenvalue weighted by molar-refractivity contribution is 5.92. The van der Waals surface area contributed by atoms with Crippen molar-refractivity contribution < 1.29 is 14.0 Å². The summed E-state index contributed by atoms with van der Waals surface area (Å²) in [4.78, 5) is 26.3. The quantitative estimate of drug-likeness (QED) is 0.850. The van der Waals surface area contributed by atoms with Gasteiger partial charge in [0.15, 0.2) is 0 Å². The summed E-state index contributed by atoms with van der Waals surface area (Å²) in [5, 5.41) is 5.39. The second-order valence-electron chi connectivity index (χ2n) is 6.49. The minimum Gasteiger partial charge on any atom is -0.326 e. The SMILES string of the molecule is CC(C)C(=O)Nc1ccncc1.Cc1ccc(NC(=O)C(C)C)cc1F. The van der Waals surface area contributed by atoms with Gasteiger partial charge in [0.25, 0.3) is 0 Å². The zero-order valence-electron chi connectivity index (χ0n) is 15.8. The van der Waals surface area contributed by atoms with Gasteiger partial charge >= 0.3 is 0 Å². The molecule has 0 spiro atoms. The Labute approximate surface area is 154 Å². The molecule has 0 bridgehead atoms. The van der Waals surface area contributed by atoms with Crippen LogP contribution in [0.1, 0.15) is 33.3 Å². The molecule has 6 heteroatoms. The first-order valence-electron chi connectivity index (χ1n) is 8.48. The van der Waals surface area contributed by atoms with E-state index < -0.39 is 0 Å². The Kier molecular flexibility index (Phi) is 8.42. The average molecular weight is 359 g/mol. The molecule has 2 aromatic rings. The van der Waals surface area contributed by atoms with Gasteiger partial charge in [-0.2, -0.15) is 0 Å². The number of hydrogen-bond donors (Lipinski definition) is 2. The highest BCUT2D eigenvalue weighted by Gasteiger charge is 2.08. The Balaban J connectivity index is 0.000000263. The molecular weight excluding hydrogens is 333 g/mol. The molecule has 0 saturated carbocycles. The van der Waals surface area contributed by atoms with E-state index >= 15 is 0 Å². The summed E-state index contributed by atoms with van der Waals surface area (Å²) in [5.74, 6) is -0.460. The number of aromatic nitrogens is 1. The van der Waals surface area contributed by atoms with Gasteiger partial charge in [0, 0.05) is 35.6 Å². The van der Waals surface area contributed by atoms with E-state index in [-0.39, 0.29) is 29.5 Å². The smallest absolute Gasteiger partial charge is 0.226 e. The second-order valence-corrected chi connectivity index (χ2v) is 6.49. The van der Waals surface area contributed by atoms with Gasteiger partial charge in [-0.3, -0.25) is 14.6 Å². The van der Waals surface area contributed by atoms with Gasteiger partial charge in [0.2, 0.25) is 11.8 Å². The molecule has 1 aromatic carbocycles. The number of halogens is 1. The van der Waals surface area contributed by atoms with E-state index in [1.165, 1.54) is 6.07 Å². The standard InChI is InChI=1S/C11H14FNO.C9H12N2O/c1-7(2)11(14)13-9-5-4-8(3)10(12)6-9;1-7(2)9(12)11-8-3-5-10-6-4-8/h4-7H,1-3H3,(H,13,14);3-7H,1-2H3,(H,10,11,12). The maximum absolute atomic E-state index is 13.1. The van der Waals surface area contributed by atoms with Crippen LogP contribution in [0, 0.1) is 24.6 Å². The summed E-state index contributed by atoms with van der Waals surface area (Å²) in [5.41, 5.74) is 1.88. The van der Waals surface area contributed by atoms with Gasteiger partial charge in [0.1, 0.15) is 5.82 Å². The van der Waals surface area contributed by atoms with Crippen LogP contribution >= 0.6 is 0 Å². The van der Waals surface area contributed by atoms with Crippen LogP contribution in [0.3, 0.4) is 0 Å². The van der Waals surface area contributed by atoms with Crippen molar-refractivity contribution in [3.8, 4) is 0 Å². The second kappa shape index (κ2) is 10.3. The summed E-state index contributed by atoms with van der Waals surface area (Å²) >= 11 is 0. The molecule has 0 unspecified atom stereocenters. The van der Waals surface area contributed by atoms with Crippen molar-refractivity contribution in [2.24, 2.45) is 11.8 Å². The number of carbonyl (C=O) groups is 2. The topological polar surface area (TPSA) is 71.1 Å². The van der Waals surface area contributed by atoms with Gasteiger partial charge in [-0.05, 0) is 36.8 Å². The molecule has 0 aliphatic heterocycles. The zero-order valence-corrected chi connectivity index (χ0v) is 15.8. The van der Waals surface area contributed by atoms with E-state index in [0.717, 1.165) is 5.69 Å². The molecule has 0 aliphatic carbocycles. The first-order valence-corrected chi connectivity index (χ1v) is 8.48. The lowest BCUT2D eigenvalue weighted by atomic mass is 10.2. The molecule has 0 saturated heterocycles. The largest absolute Gasteiger partial charge is 0.326 e. The number of amides is 2. The lowest BCUT2D eigenvalue weighted by Crippen LogP contribution is -2.17. The summed E-state index contributed by atoms with van der Waals surface area (Å²) in [7, 11) is 0. The number of benzene rings is 1. The third-order valence-corrected chi connectivity index (χ3v) is 3.44. The third-order valence-electron chi connectivity index (χ3n) is 3.44. The molecular formula is C20H26FN3O2. The summed E-state index contributed by atoms with van der Waals surface area (Å²) < 4.78 is 13.1. The van der Waals surface area contributed by atoms with Gasteiger partial charge in [-0.25, -0.2) is 4.39 Å². The van der Waals surface area contributed by atoms with Crippen LogP contribution in [0.2, 0.25) is 0 Å². The van der Waals surface area contributed by atoms with Gasteiger partial charge in [-0.15, -0.1) is 0 Å². The lowest BCUT2D eigenvalue weighted by molar-refractivity contribution is -0.119. The fourth-order valence-electron chi connectivity index (χ4n) is 1.68. The number of nitrogens with zero attached hydrogens (tertiary/aromatic N) is 1. The fourth-order valence-corrected chi connectivity index (χ4v) is 1.68. The molecule has 1 heterocycles. The zero-order chi connectivity index (χ0) is 19.7. The van der Waals surface area contributed by atoms with Crippen molar-refractivity contribution in [3.63, 3.8) is 0 Å². The van der Waals surface area contributed by atoms with Crippen LogP contribution in [-0.4, -0.2) is 16.8 Å². The van der Waals surface area contributed by atoms with Crippen molar-refractivity contribution in [2.45, 2.75) is 34.6 Å². The molecule has 2 rings (SSSR count). The van der Waals surface area contributed by atoms with Crippen molar-refractivity contribution in [3.05, 3.63) is 54.1 Å². The molecule has 2 amide bonds. The Hall–Kier alpha value is -2.76. The molecule has 140 valence electrons.